The van der Waals surface area contributed by atoms with Crippen molar-refractivity contribution in [2.45, 2.75) is 12.2 Å². The Labute approximate surface area is 234 Å². The molecule has 1 aliphatic rings. The molecule has 1 heterocycles. The second-order valence-electron chi connectivity index (χ2n) is 8.59. The number of halogens is 6. The molecule has 0 atom stereocenters. The van der Waals surface area contributed by atoms with Crippen molar-refractivity contribution in [1.82, 2.24) is 0 Å². The van der Waals surface area contributed by atoms with E-state index in [2.05, 4.69) is 49.8 Å². The Bertz CT molecular complexity index is 1500. The molecule has 0 aliphatic carbocycles. The summed E-state index contributed by atoms with van der Waals surface area (Å²) in [6, 6.07) is 22.3. The van der Waals surface area contributed by atoms with Gasteiger partial charge in [-0.15, -0.1) is 0 Å². The van der Waals surface area contributed by atoms with Gasteiger partial charge in [0.05, 0.1) is 16.8 Å². The first-order valence-corrected chi connectivity index (χ1v) is 13.0. The fourth-order valence-electron chi connectivity index (χ4n) is 4.48. The summed E-state index contributed by atoms with van der Waals surface area (Å²) >= 11 is 6.93. The van der Waals surface area contributed by atoms with Crippen molar-refractivity contribution in [2.24, 2.45) is 0 Å². The number of ether oxygens (including phenoxy) is 1. The molecule has 0 N–H and O–H groups in total. The number of anilines is 3. The molecule has 0 fully saturated rings. The number of rotatable bonds is 6. The predicted octanol–water partition coefficient (Wildman–Crippen LogP) is 10.8. The van der Waals surface area contributed by atoms with Gasteiger partial charge in [-0.2, -0.15) is 17.6 Å². The average Bonchev–Trinajstić information content (AvgIpc) is 3.08. The largest absolute Gasteiger partial charge is 0.388 e. The molecule has 0 bridgehead atoms. The van der Waals surface area contributed by atoms with Gasteiger partial charge in [0.25, 0.3) is 0 Å². The SMILES string of the molecule is C=Cc1cc(-c2ccc3c(c2)C(F)(F)OC3(F)F)c(N(c2ccc(Br)cc2)c2ccc(Br)cc2)cc1C=C. The van der Waals surface area contributed by atoms with E-state index in [1.165, 1.54) is 6.07 Å². The number of alkyl halides is 4. The fraction of sp³-hybridized carbons (Fsp3) is 0.0667. The van der Waals surface area contributed by atoms with Crippen LogP contribution >= 0.6 is 31.9 Å². The van der Waals surface area contributed by atoms with Crippen LogP contribution in [0.2, 0.25) is 0 Å². The highest BCUT2D eigenvalue weighted by atomic mass is 79.9. The number of hydrogen-bond donors (Lipinski definition) is 0. The number of benzene rings is 4. The molecule has 0 radical (unpaired) electrons. The molecule has 1 aliphatic heterocycles. The van der Waals surface area contributed by atoms with Crippen LogP contribution in [-0.2, 0) is 17.0 Å². The van der Waals surface area contributed by atoms with E-state index < -0.39 is 23.3 Å². The van der Waals surface area contributed by atoms with Crippen molar-refractivity contribution in [2.75, 3.05) is 4.90 Å². The standard InChI is InChI=1S/C30H19Br2F4NO/c1-3-18-15-25(20-5-14-26-27(16-20)30(35,36)38-29(26,33)34)28(17-19(18)4-2)37(23-10-6-21(31)7-11-23)24-12-8-22(32)9-13-24/h3-17H,1-2H2. The Kier molecular flexibility index (Phi) is 6.84. The van der Waals surface area contributed by atoms with Gasteiger partial charge in [0, 0.05) is 25.9 Å². The highest BCUT2D eigenvalue weighted by Gasteiger charge is 2.57. The second-order valence-corrected chi connectivity index (χ2v) is 10.4. The third-order valence-corrected chi connectivity index (χ3v) is 7.32. The van der Waals surface area contributed by atoms with E-state index in [0.29, 0.717) is 22.4 Å². The molecule has 0 aromatic heterocycles. The first kappa shape index (κ1) is 26.4. The maximum atomic E-state index is 14.5. The number of nitrogens with zero attached hydrogens (tertiary/aromatic N) is 1. The first-order valence-electron chi connectivity index (χ1n) is 11.4. The minimum atomic E-state index is -4.13. The highest BCUT2D eigenvalue weighted by molar-refractivity contribution is 9.10. The topological polar surface area (TPSA) is 12.5 Å². The molecule has 0 saturated carbocycles. The van der Waals surface area contributed by atoms with Crippen molar-refractivity contribution in [3.63, 3.8) is 0 Å². The molecule has 0 spiro atoms. The fourth-order valence-corrected chi connectivity index (χ4v) is 5.00. The van der Waals surface area contributed by atoms with Crippen LogP contribution in [-0.4, -0.2) is 0 Å². The van der Waals surface area contributed by atoms with E-state index in [0.717, 1.165) is 38.0 Å². The summed E-state index contributed by atoms with van der Waals surface area (Å²) in [5.74, 6) is 0. The van der Waals surface area contributed by atoms with Crippen LogP contribution in [0, 0.1) is 0 Å². The summed E-state index contributed by atoms with van der Waals surface area (Å²) in [5.41, 5.74) is 2.82. The maximum absolute atomic E-state index is 14.5. The van der Waals surface area contributed by atoms with Gasteiger partial charge in [0.2, 0.25) is 0 Å². The second kappa shape index (κ2) is 9.84. The lowest BCUT2D eigenvalue weighted by Crippen LogP contribution is -2.17. The van der Waals surface area contributed by atoms with Gasteiger partial charge in [0.15, 0.2) is 0 Å². The smallest absolute Gasteiger partial charge is 0.310 e. The molecular weight excluding hydrogens is 626 g/mol. The molecule has 4 aromatic carbocycles. The Balaban J connectivity index is 1.81. The van der Waals surface area contributed by atoms with Crippen molar-refractivity contribution < 1.29 is 22.3 Å². The minimum Gasteiger partial charge on any atom is -0.310 e. The van der Waals surface area contributed by atoms with Gasteiger partial charge in [-0.25, -0.2) is 4.74 Å². The van der Waals surface area contributed by atoms with Gasteiger partial charge in [0.1, 0.15) is 0 Å². The normalized spacial score (nSPS) is 15.1. The molecule has 38 heavy (non-hydrogen) atoms. The lowest BCUT2D eigenvalue weighted by molar-refractivity contribution is -0.369. The third-order valence-electron chi connectivity index (χ3n) is 6.27. The highest BCUT2D eigenvalue weighted by Crippen LogP contribution is 2.52. The summed E-state index contributed by atoms with van der Waals surface area (Å²) < 4.78 is 62.9. The zero-order valence-corrected chi connectivity index (χ0v) is 22.9. The number of hydrogen-bond acceptors (Lipinski definition) is 2. The van der Waals surface area contributed by atoms with Crippen LogP contribution in [0.1, 0.15) is 22.3 Å². The van der Waals surface area contributed by atoms with Crippen molar-refractivity contribution >= 4 is 61.1 Å². The lowest BCUT2D eigenvalue weighted by atomic mass is 9.93. The summed E-state index contributed by atoms with van der Waals surface area (Å²) in [6.45, 7) is 7.79. The van der Waals surface area contributed by atoms with Crippen LogP contribution in [0.15, 0.2) is 101 Å². The van der Waals surface area contributed by atoms with Crippen molar-refractivity contribution in [3.8, 4) is 11.1 Å². The lowest BCUT2D eigenvalue weighted by Gasteiger charge is -2.29. The zero-order valence-electron chi connectivity index (χ0n) is 19.7. The van der Waals surface area contributed by atoms with Crippen LogP contribution < -0.4 is 4.90 Å². The summed E-state index contributed by atoms with van der Waals surface area (Å²) in [7, 11) is 0. The molecule has 5 rings (SSSR count). The maximum Gasteiger partial charge on any atom is 0.388 e. The van der Waals surface area contributed by atoms with E-state index in [9.17, 15) is 17.6 Å². The molecule has 0 saturated heterocycles. The van der Waals surface area contributed by atoms with E-state index in [1.807, 2.05) is 59.5 Å². The average molecular weight is 645 g/mol. The molecule has 0 amide bonds. The predicted molar refractivity (Wildman–Crippen MR) is 151 cm³/mol. The Morgan fingerprint density at radius 1 is 0.658 bits per heavy atom. The van der Waals surface area contributed by atoms with Crippen LogP contribution in [0.3, 0.4) is 0 Å². The van der Waals surface area contributed by atoms with E-state index in [1.54, 1.807) is 18.2 Å². The van der Waals surface area contributed by atoms with E-state index in [-0.39, 0.29) is 0 Å². The minimum absolute atomic E-state index is 0.317. The molecule has 8 heteroatoms. The summed E-state index contributed by atoms with van der Waals surface area (Å²) in [4.78, 5) is 1.96. The Morgan fingerprint density at radius 3 is 1.68 bits per heavy atom. The summed E-state index contributed by atoms with van der Waals surface area (Å²) in [5, 5.41) is 0. The van der Waals surface area contributed by atoms with Crippen LogP contribution in [0.25, 0.3) is 23.3 Å². The van der Waals surface area contributed by atoms with Gasteiger partial charge in [-0.05, 0) is 89.5 Å². The quantitative estimate of drug-likeness (QED) is 0.194. The van der Waals surface area contributed by atoms with Crippen molar-refractivity contribution in [3.05, 3.63) is 123 Å². The molecule has 2 nitrogen and oxygen atoms in total. The molecule has 192 valence electrons. The van der Waals surface area contributed by atoms with E-state index in [4.69, 9.17) is 0 Å². The van der Waals surface area contributed by atoms with Gasteiger partial charge in [-0.1, -0.05) is 63.2 Å². The van der Waals surface area contributed by atoms with E-state index >= 15 is 0 Å². The monoisotopic (exact) mass is 643 g/mol. The van der Waals surface area contributed by atoms with Crippen LogP contribution in [0.4, 0.5) is 34.6 Å². The van der Waals surface area contributed by atoms with Crippen molar-refractivity contribution in [1.29, 1.82) is 0 Å². The Hall–Kier alpha value is -3.20. The summed E-state index contributed by atoms with van der Waals surface area (Å²) in [6.07, 6.45) is -4.90. The first-order chi connectivity index (χ1) is 18.0. The molecule has 4 aromatic rings. The molecule has 0 unspecified atom stereocenters. The van der Waals surface area contributed by atoms with Gasteiger partial charge in [-0.3, -0.25) is 0 Å². The zero-order chi connectivity index (χ0) is 27.2. The van der Waals surface area contributed by atoms with Crippen LogP contribution in [0.5, 0.6) is 0 Å². The van der Waals surface area contributed by atoms with Gasteiger partial charge < -0.3 is 4.90 Å². The third kappa shape index (κ3) is 4.72. The molecular formula is C30H19Br2F4NO. The van der Waals surface area contributed by atoms with Gasteiger partial charge >= 0.3 is 12.2 Å². The number of fused-ring (bicyclic) bond motifs is 1. The Morgan fingerprint density at radius 2 is 1.16 bits per heavy atom.